The Morgan fingerprint density at radius 3 is 2.32 bits per heavy atom. The predicted octanol–water partition coefficient (Wildman–Crippen LogP) is 1.38. The van der Waals surface area contributed by atoms with E-state index < -0.39 is 21.9 Å². The van der Waals surface area contributed by atoms with E-state index in [0.717, 1.165) is 0 Å². The molecule has 0 aliphatic carbocycles. The summed E-state index contributed by atoms with van der Waals surface area (Å²) >= 11 is 0. The van der Waals surface area contributed by atoms with Gasteiger partial charge in [0, 0.05) is 17.8 Å². The number of esters is 1. The molecule has 9 nitrogen and oxygen atoms in total. The second-order valence-electron chi connectivity index (χ2n) is 6.66. The summed E-state index contributed by atoms with van der Waals surface area (Å²) in [5.74, 6) is -1.32. The Morgan fingerprint density at radius 2 is 1.71 bits per heavy atom. The molecule has 0 fully saturated rings. The Balaban J connectivity index is 2.06. The van der Waals surface area contributed by atoms with Gasteiger partial charge >= 0.3 is 5.97 Å². The summed E-state index contributed by atoms with van der Waals surface area (Å²) in [6, 6.07) is 11.0. The molecule has 31 heavy (non-hydrogen) atoms. The molecule has 2 aromatic carbocycles. The lowest BCUT2D eigenvalue weighted by Crippen LogP contribution is -2.31. The molecule has 0 radical (unpaired) electrons. The first-order valence-electron chi connectivity index (χ1n) is 9.50. The summed E-state index contributed by atoms with van der Waals surface area (Å²) in [5, 5.41) is 5.17. The van der Waals surface area contributed by atoms with Gasteiger partial charge in [-0.3, -0.25) is 14.4 Å². The third-order valence-corrected chi connectivity index (χ3v) is 5.88. The summed E-state index contributed by atoms with van der Waals surface area (Å²) in [6.45, 7) is 3.43. The van der Waals surface area contributed by atoms with E-state index in [1.807, 2.05) is 0 Å². The molecule has 2 amide bonds. The van der Waals surface area contributed by atoms with Crippen LogP contribution in [0.15, 0.2) is 47.4 Å². The van der Waals surface area contributed by atoms with Gasteiger partial charge in [0.1, 0.15) is 6.54 Å². The molecule has 2 rings (SSSR count). The fourth-order valence-corrected chi connectivity index (χ4v) is 3.75. The first-order chi connectivity index (χ1) is 14.7. The van der Waals surface area contributed by atoms with Crippen molar-refractivity contribution in [3.8, 4) is 0 Å². The van der Waals surface area contributed by atoms with E-state index in [1.54, 1.807) is 44.2 Å². The molecule has 3 N–H and O–H groups in total. The highest BCUT2D eigenvalue weighted by Crippen LogP contribution is 2.18. The zero-order chi connectivity index (χ0) is 23.0. The molecule has 0 unspecified atom stereocenters. The Bertz CT molecular complexity index is 1070. The van der Waals surface area contributed by atoms with E-state index in [2.05, 4.69) is 20.1 Å². The van der Waals surface area contributed by atoms with Gasteiger partial charge in [-0.2, -0.15) is 0 Å². The van der Waals surface area contributed by atoms with Crippen LogP contribution in [0.5, 0.6) is 0 Å². The van der Waals surface area contributed by atoms with Crippen molar-refractivity contribution >= 4 is 33.5 Å². The van der Waals surface area contributed by atoms with Crippen LogP contribution in [0, 0.1) is 6.92 Å². The van der Waals surface area contributed by atoms with Crippen LogP contribution in [0.1, 0.15) is 28.4 Å². The molecule has 0 spiro atoms. The zero-order valence-corrected chi connectivity index (χ0v) is 18.3. The third kappa shape index (κ3) is 6.90. The number of nitrogens with one attached hydrogen (secondary N) is 3. The lowest BCUT2D eigenvalue weighted by molar-refractivity contribution is -0.141. The molecular formula is C21H25N3O6S. The molecule has 0 saturated heterocycles. The Hall–Kier alpha value is -3.24. The number of ether oxygens (including phenoxy) is 1. The monoisotopic (exact) mass is 447 g/mol. The molecule has 0 atom stereocenters. The number of amides is 2. The van der Waals surface area contributed by atoms with Crippen LogP contribution in [0.25, 0.3) is 0 Å². The maximum atomic E-state index is 12.7. The van der Waals surface area contributed by atoms with Gasteiger partial charge < -0.3 is 15.4 Å². The molecule has 0 aromatic heterocycles. The van der Waals surface area contributed by atoms with Gasteiger partial charge in [0.15, 0.2) is 0 Å². The molecule has 0 bridgehead atoms. The molecule has 0 aliphatic heterocycles. The minimum absolute atomic E-state index is 0.0124. The van der Waals surface area contributed by atoms with Crippen molar-refractivity contribution < 1.29 is 27.5 Å². The number of carbonyl (C=O) groups excluding carboxylic acids is 3. The van der Waals surface area contributed by atoms with Crippen LogP contribution >= 0.6 is 0 Å². The number of benzene rings is 2. The van der Waals surface area contributed by atoms with E-state index in [9.17, 15) is 22.8 Å². The lowest BCUT2D eigenvalue weighted by atomic mass is 10.1. The van der Waals surface area contributed by atoms with Crippen molar-refractivity contribution in [2.45, 2.75) is 25.2 Å². The van der Waals surface area contributed by atoms with Gasteiger partial charge in [0.25, 0.3) is 5.91 Å². The zero-order valence-electron chi connectivity index (χ0n) is 17.5. The molecular weight excluding hydrogens is 422 g/mol. The highest BCUT2D eigenvalue weighted by Gasteiger charge is 2.17. The van der Waals surface area contributed by atoms with Crippen molar-refractivity contribution in [3.05, 3.63) is 59.2 Å². The van der Waals surface area contributed by atoms with Gasteiger partial charge in [0.05, 0.1) is 18.4 Å². The maximum absolute atomic E-state index is 12.7. The van der Waals surface area contributed by atoms with Crippen LogP contribution in [0.3, 0.4) is 0 Å². The van der Waals surface area contributed by atoms with E-state index in [4.69, 9.17) is 0 Å². The summed E-state index contributed by atoms with van der Waals surface area (Å²) < 4.78 is 31.3. The number of methoxy groups -OCH3 is 1. The molecule has 0 saturated carbocycles. The van der Waals surface area contributed by atoms with Crippen LogP contribution in [-0.2, 0) is 30.8 Å². The molecule has 166 valence electrons. The quantitative estimate of drug-likeness (QED) is 0.498. The van der Waals surface area contributed by atoms with Crippen molar-refractivity contribution in [2.24, 2.45) is 0 Å². The fraction of sp³-hybridized carbons (Fsp3) is 0.286. The number of sulfonamides is 1. The fourth-order valence-electron chi connectivity index (χ4n) is 2.68. The molecule has 0 aliphatic rings. The molecule has 2 aromatic rings. The van der Waals surface area contributed by atoms with E-state index >= 15 is 0 Å². The SMILES string of the molecule is CCNS(=O)(=O)c1ccc(C)c(C(=O)Nc2ccc(CC(=O)NCC(=O)OC)cc2)c1. The second-order valence-corrected chi connectivity index (χ2v) is 8.43. The van der Waals surface area contributed by atoms with Gasteiger partial charge in [-0.05, 0) is 42.3 Å². The van der Waals surface area contributed by atoms with E-state index in [0.29, 0.717) is 16.8 Å². The summed E-state index contributed by atoms with van der Waals surface area (Å²) in [5.41, 5.74) is 2.05. The number of anilines is 1. The molecule has 10 heteroatoms. The number of hydrogen-bond donors (Lipinski definition) is 3. The Morgan fingerprint density at radius 1 is 1.03 bits per heavy atom. The summed E-state index contributed by atoms with van der Waals surface area (Å²) in [6.07, 6.45) is 0.0641. The minimum atomic E-state index is -3.68. The Labute approximate surface area is 181 Å². The van der Waals surface area contributed by atoms with E-state index in [-0.39, 0.29) is 35.9 Å². The summed E-state index contributed by atoms with van der Waals surface area (Å²) in [7, 11) is -2.45. The third-order valence-electron chi connectivity index (χ3n) is 4.33. The maximum Gasteiger partial charge on any atom is 0.325 e. The van der Waals surface area contributed by atoms with Crippen LogP contribution in [-0.4, -0.2) is 46.4 Å². The smallest absolute Gasteiger partial charge is 0.325 e. The standard InChI is InChI=1S/C21H25N3O6S/c1-4-23-31(28,29)17-10-5-14(2)18(12-17)21(27)24-16-8-6-15(7-9-16)11-19(25)22-13-20(26)30-3/h5-10,12,23H,4,11,13H2,1-3H3,(H,22,25)(H,24,27). The van der Waals surface area contributed by atoms with Gasteiger partial charge in [-0.25, -0.2) is 13.1 Å². The molecule has 0 heterocycles. The summed E-state index contributed by atoms with van der Waals surface area (Å²) in [4.78, 5) is 35.6. The lowest BCUT2D eigenvalue weighted by Gasteiger charge is -2.11. The van der Waals surface area contributed by atoms with Crippen LogP contribution in [0.2, 0.25) is 0 Å². The number of carbonyl (C=O) groups is 3. The van der Waals surface area contributed by atoms with Crippen LogP contribution < -0.4 is 15.4 Å². The average molecular weight is 448 g/mol. The van der Waals surface area contributed by atoms with Crippen LogP contribution in [0.4, 0.5) is 5.69 Å². The topological polar surface area (TPSA) is 131 Å². The predicted molar refractivity (Wildman–Crippen MR) is 115 cm³/mol. The Kier molecular flexibility index (Phi) is 8.29. The second kappa shape index (κ2) is 10.7. The van der Waals surface area contributed by atoms with Crippen molar-refractivity contribution in [1.82, 2.24) is 10.0 Å². The first-order valence-corrected chi connectivity index (χ1v) is 11.0. The van der Waals surface area contributed by atoms with Crippen molar-refractivity contribution in [3.63, 3.8) is 0 Å². The highest BCUT2D eigenvalue weighted by atomic mass is 32.2. The van der Waals surface area contributed by atoms with Crippen molar-refractivity contribution in [1.29, 1.82) is 0 Å². The largest absolute Gasteiger partial charge is 0.468 e. The first kappa shape index (κ1) is 24.0. The minimum Gasteiger partial charge on any atom is -0.468 e. The highest BCUT2D eigenvalue weighted by molar-refractivity contribution is 7.89. The van der Waals surface area contributed by atoms with Gasteiger partial charge in [0.2, 0.25) is 15.9 Å². The average Bonchev–Trinajstić information content (AvgIpc) is 2.73. The van der Waals surface area contributed by atoms with Crippen molar-refractivity contribution in [2.75, 3.05) is 25.5 Å². The van der Waals surface area contributed by atoms with E-state index in [1.165, 1.54) is 19.2 Å². The van der Waals surface area contributed by atoms with Gasteiger partial charge in [-0.1, -0.05) is 25.1 Å². The number of aryl methyl sites for hydroxylation is 1. The number of rotatable bonds is 9. The normalized spacial score (nSPS) is 10.9. The van der Waals surface area contributed by atoms with Gasteiger partial charge in [-0.15, -0.1) is 0 Å². The number of hydrogen-bond acceptors (Lipinski definition) is 6.